The van der Waals surface area contributed by atoms with Gasteiger partial charge in [-0.2, -0.15) is 18.3 Å². The molecule has 2 atom stereocenters. The molecule has 5 nitrogen and oxygen atoms in total. The molecular weight excluding hydrogens is 472 g/mol. The number of benzene rings is 1. The second-order valence-electron chi connectivity index (χ2n) is 6.98. The van der Waals surface area contributed by atoms with Crippen molar-refractivity contribution >= 4 is 52.0 Å². The third-order valence-corrected chi connectivity index (χ3v) is 6.53. The van der Waals surface area contributed by atoms with Crippen LogP contribution < -0.4 is 5.32 Å². The van der Waals surface area contributed by atoms with Gasteiger partial charge in [0.05, 0.1) is 22.6 Å². The molecular formula is C20H15Cl2F3N4OS. The van der Waals surface area contributed by atoms with Gasteiger partial charge in [-0.15, -0.1) is 11.3 Å². The van der Waals surface area contributed by atoms with Gasteiger partial charge in [-0.05, 0) is 36.1 Å². The standard InChI is InChI=1S/C20H15Cl2F3N4OS/c1-10-17(19(30)26-9-12-3-2-6-31-12)18(11-4-5-13(21)14(22)7-11)29-16(27-10)8-15(28-29)20(23,24)25/h2-8,17-18H,9H2,1H3,(H,26,30). The Morgan fingerprint density at radius 1 is 1.23 bits per heavy atom. The predicted octanol–water partition coefficient (Wildman–Crippen LogP) is 5.90. The van der Waals surface area contributed by atoms with Crippen LogP contribution in [0, 0.1) is 5.92 Å². The van der Waals surface area contributed by atoms with Crippen LogP contribution in [0.2, 0.25) is 10.0 Å². The summed E-state index contributed by atoms with van der Waals surface area (Å²) in [7, 11) is 0. The number of amides is 1. The molecule has 2 aromatic heterocycles. The Morgan fingerprint density at radius 2 is 2.00 bits per heavy atom. The summed E-state index contributed by atoms with van der Waals surface area (Å²) >= 11 is 13.7. The van der Waals surface area contributed by atoms with Gasteiger partial charge in [0.25, 0.3) is 0 Å². The van der Waals surface area contributed by atoms with Gasteiger partial charge in [0.15, 0.2) is 11.5 Å². The zero-order valence-corrected chi connectivity index (χ0v) is 18.3. The number of hydrogen-bond donors (Lipinski definition) is 1. The molecule has 1 N–H and O–H groups in total. The molecule has 0 saturated carbocycles. The van der Waals surface area contributed by atoms with E-state index in [1.807, 2.05) is 17.5 Å². The van der Waals surface area contributed by atoms with Crippen molar-refractivity contribution in [1.29, 1.82) is 0 Å². The quantitative estimate of drug-likeness (QED) is 0.499. The molecule has 11 heteroatoms. The van der Waals surface area contributed by atoms with Gasteiger partial charge in [0, 0.05) is 16.7 Å². The van der Waals surface area contributed by atoms with Crippen molar-refractivity contribution < 1.29 is 18.0 Å². The molecule has 1 aromatic carbocycles. The Bertz CT molecular complexity index is 1160. The van der Waals surface area contributed by atoms with Crippen molar-refractivity contribution in [2.75, 3.05) is 0 Å². The highest BCUT2D eigenvalue weighted by molar-refractivity contribution is 7.09. The number of aromatic nitrogens is 2. The topological polar surface area (TPSA) is 59.3 Å². The smallest absolute Gasteiger partial charge is 0.351 e. The molecule has 4 rings (SSSR count). The Balaban J connectivity index is 1.77. The summed E-state index contributed by atoms with van der Waals surface area (Å²) in [5.41, 5.74) is -0.206. The number of hydrogen-bond acceptors (Lipinski definition) is 4. The fourth-order valence-electron chi connectivity index (χ4n) is 3.49. The van der Waals surface area contributed by atoms with E-state index in [1.165, 1.54) is 23.5 Å². The SMILES string of the molecule is CC1=Nc2cc(C(F)(F)F)nn2C(c2ccc(Cl)c(Cl)c2)C1C(=O)NCc1cccs1. The Hall–Kier alpha value is -2.36. The lowest BCUT2D eigenvalue weighted by Crippen LogP contribution is -2.42. The van der Waals surface area contributed by atoms with E-state index in [0.717, 1.165) is 15.6 Å². The van der Waals surface area contributed by atoms with E-state index in [0.29, 0.717) is 22.8 Å². The number of nitrogens with one attached hydrogen (secondary N) is 1. The van der Waals surface area contributed by atoms with E-state index in [9.17, 15) is 18.0 Å². The van der Waals surface area contributed by atoms with E-state index in [4.69, 9.17) is 23.2 Å². The fourth-order valence-corrected chi connectivity index (χ4v) is 4.44. The molecule has 1 amide bonds. The van der Waals surface area contributed by atoms with E-state index in [1.54, 1.807) is 13.0 Å². The molecule has 0 fully saturated rings. The van der Waals surface area contributed by atoms with Gasteiger partial charge in [0.1, 0.15) is 5.92 Å². The summed E-state index contributed by atoms with van der Waals surface area (Å²) in [5, 5.41) is 8.99. The van der Waals surface area contributed by atoms with Crippen LogP contribution in [-0.2, 0) is 17.5 Å². The first-order chi connectivity index (χ1) is 14.6. The molecule has 0 saturated heterocycles. The van der Waals surface area contributed by atoms with E-state index < -0.39 is 23.8 Å². The highest BCUT2D eigenvalue weighted by Gasteiger charge is 2.42. The van der Waals surface area contributed by atoms with Crippen LogP contribution in [0.3, 0.4) is 0 Å². The van der Waals surface area contributed by atoms with Gasteiger partial charge >= 0.3 is 6.18 Å². The summed E-state index contributed by atoms with van der Waals surface area (Å²) in [6.07, 6.45) is -4.65. The van der Waals surface area contributed by atoms with Crippen molar-refractivity contribution in [2.45, 2.75) is 25.7 Å². The third kappa shape index (κ3) is 4.35. The largest absolute Gasteiger partial charge is 0.435 e. The van der Waals surface area contributed by atoms with Gasteiger partial charge in [-0.1, -0.05) is 35.3 Å². The molecule has 3 aromatic rings. The highest BCUT2D eigenvalue weighted by Crippen LogP contribution is 2.41. The normalized spacial score (nSPS) is 18.5. The van der Waals surface area contributed by atoms with Gasteiger partial charge in [0.2, 0.25) is 5.91 Å². The first-order valence-electron chi connectivity index (χ1n) is 9.12. The van der Waals surface area contributed by atoms with Crippen LogP contribution in [0.4, 0.5) is 19.0 Å². The van der Waals surface area contributed by atoms with E-state index >= 15 is 0 Å². The number of nitrogens with zero attached hydrogens (tertiary/aromatic N) is 3. The van der Waals surface area contributed by atoms with Crippen LogP contribution in [0.25, 0.3) is 0 Å². The number of halogens is 5. The molecule has 0 bridgehead atoms. The van der Waals surface area contributed by atoms with Gasteiger partial charge in [-0.25, -0.2) is 9.67 Å². The Labute approximate surface area is 189 Å². The Morgan fingerprint density at radius 3 is 2.65 bits per heavy atom. The maximum absolute atomic E-state index is 13.3. The number of fused-ring (bicyclic) bond motifs is 1. The summed E-state index contributed by atoms with van der Waals surface area (Å²) in [6.45, 7) is 1.91. The van der Waals surface area contributed by atoms with Gasteiger partial charge in [-0.3, -0.25) is 4.79 Å². The van der Waals surface area contributed by atoms with Crippen LogP contribution in [0.15, 0.2) is 46.8 Å². The van der Waals surface area contributed by atoms with Crippen molar-refractivity contribution in [2.24, 2.45) is 10.9 Å². The number of aliphatic imine (C=N–C) groups is 1. The lowest BCUT2D eigenvalue weighted by Gasteiger charge is -2.31. The molecule has 0 radical (unpaired) electrons. The zero-order chi connectivity index (χ0) is 22.3. The monoisotopic (exact) mass is 486 g/mol. The lowest BCUT2D eigenvalue weighted by molar-refractivity contribution is -0.141. The number of carbonyl (C=O) groups excluding carboxylic acids is 1. The Kier molecular flexibility index (Phi) is 5.85. The second kappa shape index (κ2) is 8.29. The molecule has 1 aliphatic heterocycles. The lowest BCUT2D eigenvalue weighted by atomic mass is 9.87. The third-order valence-electron chi connectivity index (χ3n) is 4.91. The second-order valence-corrected chi connectivity index (χ2v) is 8.82. The van der Waals surface area contributed by atoms with E-state index in [2.05, 4.69) is 15.4 Å². The summed E-state index contributed by atoms with van der Waals surface area (Å²) < 4.78 is 41.1. The summed E-state index contributed by atoms with van der Waals surface area (Å²) in [6, 6.07) is 8.43. The molecule has 0 spiro atoms. The minimum absolute atomic E-state index is 0.0169. The highest BCUT2D eigenvalue weighted by atomic mass is 35.5. The predicted molar refractivity (Wildman–Crippen MR) is 114 cm³/mol. The molecule has 3 heterocycles. The maximum atomic E-state index is 13.3. The van der Waals surface area contributed by atoms with Crippen molar-refractivity contribution in [3.63, 3.8) is 0 Å². The molecule has 0 aliphatic carbocycles. The molecule has 2 unspecified atom stereocenters. The molecule has 162 valence electrons. The van der Waals surface area contributed by atoms with Crippen LogP contribution in [0.1, 0.15) is 29.1 Å². The number of thiophene rings is 1. The summed E-state index contributed by atoms with van der Waals surface area (Å²) in [4.78, 5) is 18.3. The first kappa shape index (κ1) is 21.9. The average molecular weight is 487 g/mol. The van der Waals surface area contributed by atoms with E-state index in [-0.39, 0.29) is 16.7 Å². The number of carbonyl (C=O) groups is 1. The first-order valence-corrected chi connectivity index (χ1v) is 10.8. The minimum Gasteiger partial charge on any atom is -0.351 e. The zero-order valence-electron chi connectivity index (χ0n) is 16.0. The van der Waals surface area contributed by atoms with Crippen LogP contribution in [-0.4, -0.2) is 21.4 Å². The van der Waals surface area contributed by atoms with Crippen molar-refractivity contribution in [3.8, 4) is 0 Å². The van der Waals surface area contributed by atoms with Crippen molar-refractivity contribution in [3.05, 3.63) is 68.0 Å². The van der Waals surface area contributed by atoms with Gasteiger partial charge < -0.3 is 5.32 Å². The number of rotatable bonds is 4. The average Bonchev–Trinajstić information content (AvgIpc) is 3.36. The molecule has 31 heavy (non-hydrogen) atoms. The van der Waals surface area contributed by atoms with Crippen molar-refractivity contribution in [1.82, 2.24) is 15.1 Å². The fraction of sp³-hybridized carbons (Fsp3) is 0.250. The molecule has 1 aliphatic rings. The van der Waals surface area contributed by atoms with Crippen LogP contribution in [0.5, 0.6) is 0 Å². The summed E-state index contributed by atoms with van der Waals surface area (Å²) in [5.74, 6) is -1.24. The number of alkyl halides is 3. The maximum Gasteiger partial charge on any atom is 0.435 e. The minimum atomic E-state index is -4.65. The van der Waals surface area contributed by atoms with Crippen LogP contribution >= 0.6 is 34.5 Å².